The van der Waals surface area contributed by atoms with Crippen molar-refractivity contribution in [2.45, 2.75) is 89.8 Å². The van der Waals surface area contributed by atoms with Crippen molar-refractivity contribution < 1.29 is 22.3 Å². The summed E-state index contributed by atoms with van der Waals surface area (Å²) in [5.41, 5.74) is 0.831. The SMILES string of the molecule is CC1CCC(OCF)CC1.CCc1ccc(C2CCC(F)CC2)c(F)c1F. The Hall–Kier alpha value is -1.10. The van der Waals surface area contributed by atoms with Crippen molar-refractivity contribution in [2.75, 3.05) is 6.86 Å². The van der Waals surface area contributed by atoms with Gasteiger partial charge >= 0.3 is 0 Å². The van der Waals surface area contributed by atoms with Crippen molar-refractivity contribution in [3.63, 3.8) is 0 Å². The molecule has 0 aromatic heterocycles. The van der Waals surface area contributed by atoms with E-state index in [1.807, 2.05) is 0 Å². The Balaban J connectivity index is 0.000000223. The molecule has 0 unspecified atom stereocenters. The molecule has 2 saturated carbocycles. The topological polar surface area (TPSA) is 9.23 Å². The molecule has 5 heteroatoms. The van der Waals surface area contributed by atoms with Gasteiger partial charge in [-0.05, 0) is 80.8 Å². The Kier molecular flexibility index (Phi) is 9.07. The van der Waals surface area contributed by atoms with Gasteiger partial charge in [0.1, 0.15) is 6.17 Å². The molecule has 0 bridgehead atoms. The maximum atomic E-state index is 13.9. The van der Waals surface area contributed by atoms with Crippen LogP contribution in [0.15, 0.2) is 12.1 Å². The molecule has 1 aromatic carbocycles. The molecule has 1 aromatic rings. The molecule has 0 N–H and O–H groups in total. The van der Waals surface area contributed by atoms with Gasteiger partial charge in [-0.2, -0.15) is 0 Å². The summed E-state index contributed by atoms with van der Waals surface area (Å²) < 4.78 is 57.0. The fourth-order valence-corrected chi connectivity index (χ4v) is 4.04. The predicted octanol–water partition coefficient (Wildman–Crippen LogP) is 7.03. The van der Waals surface area contributed by atoms with Gasteiger partial charge in [0, 0.05) is 0 Å². The maximum Gasteiger partial charge on any atom is 0.188 e. The van der Waals surface area contributed by atoms with Crippen LogP contribution in [0.25, 0.3) is 0 Å². The van der Waals surface area contributed by atoms with Gasteiger partial charge in [0.2, 0.25) is 0 Å². The van der Waals surface area contributed by atoms with Gasteiger partial charge < -0.3 is 4.74 Å². The summed E-state index contributed by atoms with van der Waals surface area (Å²) in [6.07, 6.45) is 6.57. The molecular formula is C22H32F4O. The Bertz CT molecular complexity index is 562. The highest BCUT2D eigenvalue weighted by Crippen LogP contribution is 2.36. The van der Waals surface area contributed by atoms with E-state index < -0.39 is 24.7 Å². The molecule has 0 atom stereocenters. The van der Waals surface area contributed by atoms with E-state index in [0.717, 1.165) is 18.8 Å². The summed E-state index contributed by atoms with van der Waals surface area (Å²) in [7, 11) is 0. The Morgan fingerprint density at radius 3 is 2.11 bits per heavy atom. The van der Waals surface area contributed by atoms with Crippen LogP contribution in [-0.2, 0) is 11.2 Å². The lowest BCUT2D eigenvalue weighted by Gasteiger charge is -2.25. The Labute approximate surface area is 160 Å². The molecule has 0 radical (unpaired) electrons. The van der Waals surface area contributed by atoms with E-state index in [-0.39, 0.29) is 12.0 Å². The zero-order valence-electron chi connectivity index (χ0n) is 16.5. The second kappa shape index (κ2) is 11.0. The third kappa shape index (κ3) is 6.48. The maximum absolute atomic E-state index is 13.9. The average Bonchev–Trinajstić information content (AvgIpc) is 2.67. The van der Waals surface area contributed by atoms with E-state index in [2.05, 4.69) is 6.92 Å². The number of hydrogen-bond donors (Lipinski definition) is 0. The van der Waals surface area contributed by atoms with Crippen molar-refractivity contribution in [1.29, 1.82) is 0 Å². The normalized spacial score (nSPS) is 28.4. The van der Waals surface area contributed by atoms with Gasteiger partial charge in [0.05, 0.1) is 6.10 Å². The van der Waals surface area contributed by atoms with E-state index in [1.165, 1.54) is 12.8 Å². The van der Waals surface area contributed by atoms with E-state index in [9.17, 15) is 17.6 Å². The standard InChI is InChI=1S/C14H17F3.C8H15FO/c1-2-9-5-8-12(14(17)13(9)16)10-3-6-11(15)7-4-10;1-7-2-4-8(5-3-7)10-6-9/h5,8,10-11H,2-4,6-7H2,1H3;7-8H,2-6H2,1H3. The second-order valence-electron chi connectivity index (χ2n) is 7.90. The number of alkyl halides is 2. The predicted molar refractivity (Wildman–Crippen MR) is 100 cm³/mol. The molecule has 0 aliphatic heterocycles. The van der Waals surface area contributed by atoms with Crippen LogP contribution in [0.1, 0.15) is 82.3 Å². The van der Waals surface area contributed by atoms with Gasteiger partial charge in [-0.1, -0.05) is 26.0 Å². The molecular weight excluding hydrogens is 356 g/mol. The second-order valence-corrected chi connectivity index (χ2v) is 7.90. The van der Waals surface area contributed by atoms with E-state index >= 15 is 0 Å². The summed E-state index contributed by atoms with van der Waals surface area (Å²) >= 11 is 0. The lowest BCUT2D eigenvalue weighted by molar-refractivity contribution is -0.0274. The van der Waals surface area contributed by atoms with Crippen molar-refractivity contribution in [3.8, 4) is 0 Å². The zero-order valence-corrected chi connectivity index (χ0v) is 16.5. The lowest BCUT2D eigenvalue weighted by Crippen LogP contribution is -2.19. The van der Waals surface area contributed by atoms with Crippen LogP contribution in [0.2, 0.25) is 0 Å². The minimum Gasteiger partial charge on any atom is -0.347 e. The molecule has 3 rings (SSSR count). The van der Waals surface area contributed by atoms with Gasteiger partial charge in [0.25, 0.3) is 0 Å². The average molecular weight is 388 g/mol. The highest BCUT2D eigenvalue weighted by Gasteiger charge is 2.25. The molecule has 0 spiro atoms. The molecule has 0 heterocycles. The van der Waals surface area contributed by atoms with Crippen LogP contribution in [0.4, 0.5) is 17.6 Å². The summed E-state index contributed by atoms with van der Waals surface area (Å²) in [6.45, 7) is 3.43. The van der Waals surface area contributed by atoms with Crippen molar-refractivity contribution in [1.82, 2.24) is 0 Å². The summed E-state index contributed by atoms with van der Waals surface area (Å²) in [4.78, 5) is 0. The summed E-state index contributed by atoms with van der Waals surface area (Å²) in [5, 5.41) is 0. The first-order valence-corrected chi connectivity index (χ1v) is 10.2. The van der Waals surface area contributed by atoms with Crippen LogP contribution in [0, 0.1) is 17.6 Å². The largest absolute Gasteiger partial charge is 0.347 e. The Morgan fingerprint density at radius 2 is 1.56 bits per heavy atom. The van der Waals surface area contributed by atoms with Gasteiger partial charge in [0.15, 0.2) is 18.5 Å². The fraction of sp³-hybridized carbons (Fsp3) is 0.727. The van der Waals surface area contributed by atoms with Crippen molar-refractivity contribution >= 4 is 0 Å². The molecule has 0 amide bonds. The molecule has 2 fully saturated rings. The summed E-state index contributed by atoms with van der Waals surface area (Å²) in [5.74, 6) is -0.666. The van der Waals surface area contributed by atoms with Crippen LogP contribution in [0.3, 0.4) is 0 Å². The third-order valence-electron chi connectivity index (χ3n) is 5.93. The number of hydrogen-bond acceptors (Lipinski definition) is 1. The van der Waals surface area contributed by atoms with Crippen molar-refractivity contribution in [2.24, 2.45) is 5.92 Å². The van der Waals surface area contributed by atoms with Gasteiger partial charge in [-0.15, -0.1) is 0 Å². The van der Waals surface area contributed by atoms with Crippen LogP contribution < -0.4 is 0 Å². The molecule has 1 nitrogen and oxygen atoms in total. The number of benzene rings is 1. The number of ether oxygens (including phenoxy) is 1. The van der Waals surface area contributed by atoms with E-state index in [1.54, 1.807) is 19.1 Å². The molecule has 0 saturated heterocycles. The van der Waals surface area contributed by atoms with E-state index in [0.29, 0.717) is 43.2 Å². The van der Waals surface area contributed by atoms with Crippen LogP contribution in [0.5, 0.6) is 0 Å². The smallest absolute Gasteiger partial charge is 0.188 e. The minimum atomic E-state index is -0.769. The van der Waals surface area contributed by atoms with Crippen LogP contribution in [-0.4, -0.2) is 19.1 Å². The Morgan fingerprint density at radius 1 is 0.926 bits per heavy atom. The third-order valence-corrected chi connectivity index (χ3v) is 5.93. The molecule has 2 aliphatic carbocycles. The highest BCUT2D eigenvalue weighted by atomic mass is 19.2. The van der Waals surface area contributed by atoms with Gasteiger partial charge in [-0.3, -0.25) is 0 Å². The number of rotatable bonds is 4. The fourth-order valence-electron chi connectivity index (χ4n) is 4.04. The molecule has 27 heavy (non-hydrogen) atoms. The minimum absolute atomic E-state index is 0.0255. The first kappa shape index (κ1) is 22.2. The lowest BCUT2D eigenvalue weighted by atomic mass is 9.82. The van der Waals surface area contributed by atoms with Gasteiger partial charge in [-0.25, -0.2) is 17.6 Å². The van der Waals surface area contributed by atoms with Crippen LogP contribution >= 0.6 is 0 Å². The monoisotopic (exact) mass is 388 g/mol. The first-order valence-electron chi connectivity index (χ1n) is 10.2. The number of aryl methyl sites for hydroxylation is 1. The first-order chi connectivity index (χ1) is 13.0. The van der Waals surface area contributed by atoms with E-state index in [4.69, 9.17) is 4.74 Å². The summed E-state index contributed by atoms with van der Waals surface area (Å²) in [6, 6.07) is 3.32. The number of halogens is 4. The highest BCUT2D eigenvalue weighted by molar-refractivity contribution is 5.29. The molecule has 2 aliphatic rings. The quantitative estimate of drug-likeness (QED) is 0.503. The van der Waals surface area contributed by atoms with Crippen molar-refractivity contribution in [3.05, 3.63) is 34.9 Å². The molecule has 154 valence electrons. The zero-order chi connectivity index (χ0) is 19.8.